The molecule has 7 heteroatoms. The summed E-state index contributed by atoms with van der Waals surface area (Å²) in [4.78, 5) is 18.7. The van der Waals surface area contributed by atoms with E-state index in [0.717, 1.165) is 5.56 Å². The number of phenols is 1. The fourth-order valence-corrected chi connectivity index (χ4v) is 2.75. The lowest BCUT2D eigenvalue weighted by molar-refractivity contribution is -0.0267. The fourth-order valence-electron chi connectivity index (χ4n) is 2.75. The Bertz CT molecular complexity index is 741. The van der Waals surface area contributed by atoms with Crippen LogP contribution >= 0.6 is 0 Å². The molecule has 1 aliphatic heterocycles. The number of ether oxygens (including phenoxy) is 1. The molecular weight excluding hydrogens is 308 g/mol. The normalized spacial score (nSPS) is 18.2. The number of aryl methyl sites for hydroxylation is 1. The number of hydrogen-bond acceptors (Lipinski definition) is 5. The molecular formula is C17H22N4O3. The SMILES string of the molecule is Cc1nc(C2CN(C(=O)c3ccc(C(C)C)cc3O)CCO2)n[nH]1. The molecule has 1 aliphatic rings. The minimum absolute atomic E-state index is 0.0166. The summed E-state index contributed by atoms with van der Waals surface area (Å²) < 4.78 is 5.67. The smallest absolute Gasteiger partial charge is 0.257 e. The van der Waals surface area contributed by atoms with Crippen LogP contribution in [0.25, 0.3) is 0 Å². The molecule has 0 bridgehead atoms. The van der Waals surface area contributed by atoms with E-state index in [2.05, 4.69) is 15.2 Å². The van der Waals surface area contributed by atoms with Crippen molar-refractivity contribution >= 4 is 5.91 Å². The number of H-pyrrole nitrogens is 1. The summed E-state index contributed by atoms with van der Waals surface area (Å²) in [6.45, 7) is 7.15. The number of nitrogens with one attached hydrogen (secondary N) is 1. The molecule has 3 rings (SSSR count). The molecule has 2 N–H and O–H groups in total. The number of phenolic OH excluding ortho intramolecular Hbond substituents is 1. The van der Waals surface area contributed by atoms with Crippen molar-refractivity contribution in [1.82, 2.24) is 20.1 Å². The maximum Gasteiger partial charge on any atom is 0.257 e. The molecule has 7 nitrogen and oxygen atoms in total. The summed E-state index contributed by atoms with van der Waals surface area (Å²) >= 11 is 0. The number of aromatic hydroxyl groups is 1. The molecule has 24 heavy (non-hydrogen) atoms. The van der Waals surface area contributed by atoms with E-state index in [9.17, 15) is 9.90 Å². The Labute approximate surface area is 140 Å². The highest BCUT2D eigenvalue weighted by Crippen LogP contribution is 2.27. The first-order valence-corrected chi connectivity index (χ1v) is 8.08. The van der Waals surface area contributed by atoms with Gasteiger partial charge in [0, 0.05) is 6.54 Å². The Morgan fingerprint density at radius 3 is 2.88 bits per heavy atom. The number of aromatic nitrogens is 3. The van der Waals surface area contributed by atoms with Crippen LogP contribution in [-0.4, -0.2) is 50.8 Å². The Kier molecular flexibility index (Phi) is 4.53. The van der Waals surface area contributed by atoms with E-state index in [1.54, 1.807) is 17.0 Å². The average Bonchev–Trinajstić information content (AvgIpc) is 3.01. The molecule has 1 amide bonds. The minimum atomic E-state index is -0.357. The molecule has 0 aliphatic carbocycles. The number of aromatic amines is 1. The lowest BCUT2D eigenvalue weighted by atomic mass is 10.0. The molecule has 1 fully saturated rings. The summed E-state index contributed by atoms with van der Waals surface area (Å²) in [5.41, 5.74) is 1.31. The van der Waals surface area contributed by atoms with E-state index >= 15 is 0 Å². The second-order valence-corrected chi connectivity index (χ2v) is 6.32. The van der Waals surface area contributed by atoms with Crippen LogP contribution in [-0.2, 0) is 4.74 Å². The van der Waals surface area contributed by atoms with E-state index in [-0.39, 0.29) is 17.8 Å². The average molecular weight is 330 g/mol. The van der Waals surface area contributed by atoms with Gasteiger partial charge in [0.25, 0.3) is 5.91 Å². The predicted molar refractivity (Wildman–Crippen MR) is 87.9 cm³/mol. The number of benzene rings is 1. The van der Waals surface area contributed by atoms with E-state index in [1.165, 1.54) is 0 Å². The zero-order chi connectivity index (χ0) is 17.3. The predicted octanol–water partition coefficient (Wildman–Crippen LogP) is 2.16. The maximum absolute atomic E-state index is 12.7. The summed E-state index contributed by atoms with van der Waals surface area (Å²) in [6, 6.07) is 5.23. The Morgan fingerprint density at radius 2 is 2.25 bits per heavy atom. The van der Waals surface area contributed by atoms with Gasteiger partial charge in [0.15, 0.2) is 5.82 Å². The van der Waals surface area contributed by atoms with Crippen LogP contribution in [0.3, 0.4) is 0 Å². The standard InChI is InChI=1S/C17H22N4O3/c1-10(2)12-4-5-13(14(22)8-12)17(23)21-6-7-24-15(9-21)16-18-11(3)19-20-16/h4-5,8,10,15,22H,6-7,9H2,1-3H3,(H,18,19,20). The molecule has 1 unspecified atom stereocenters. The fraction of sp³-hybridized carbons (Fsp3) is 0.471. The lowest BCUT2D eigenvalue weighted by Crippen LogP contribution is -2.42. The van der Waals surface area contributed by atoms with Gasteiger partial charge in [0.1, 0.15) is 17.7 Å². The first kappa shape index (κ1) is 16.4. The van der Waals surface area contributed by atoms with Crippen LogP contribution in [0.1, 0.15) is 53.4 Å². The third-order valence-electron chi connectivity index (χ3n) is 4.18. The van der Waals surface area contributed by atoms with E-state index in [0.29, 0.717) is 42.8 Å². The quantitative estimate of drug-likeness (QED) is 0.900. The van der Waals surface area contributed by atoms with Gasteiger partial charge in [0.05, 0.1) is 18.7 Å². The van der Waals surface area contributed by atoms with Gasteiger partial charge in [-0.15, -0.1) is 0 Å². The van der Waals surface area contributed by atoms with E-state index < -0.39 is 0 Å². The number of carbonyl (C=O) groups is 1. The molecule has 1 aromatic carbocycles. The first-order valence-electron chi connectivity index (χ1n) is 8.08. The number of morpholine rings is 1. The lowest BCUT2D eigenvalue weighted by Gasteiger charge is -2.31. The van der Waals surface area contributed by atoms with Gasteiger partial charge in [0.2, 0.25) is 0 Å². The van der Waals surface area contributed by atoms with Crippen molar-refractivity contribution in [2.75, 3.05) is 19.7 Å². The van der Waals surface area contributed by atoms with Gasteiger partial charge in [-0.2, -0.15) is 5.10 Å². The molecule has 2 aromatic rings. The number of carbonyl (C=O) groups excluding carboxylic acids is 1. The van der Waals surface area contributed by atoms with Gasteiger partial charge in [-0.3, -0.25) is 9.89 Å². The van der Waals surface area contributed by atoms with Gasteiger partial charge in [-0.1, -0.05) is 19.9 Å². The summed E-state index contributed by atoms with van der Waals surface area (Å²) in [5, 5.41) is 17.1. The molecule has 128 valence electrons. The number of nitrogens with zero attached hydrogens (tertiary/aromatic N) is 3. The van der Waals surface area contributed by atoms with Crippen LogP contribution in [0.15, 0.2) is 18.2 Å². The van der Waals surface area contributed by atoms with Gasteiger partial charge < -0.3 is 14.7 Å². The Hall–Kier alpha value is -2.41. The van der Waals surface area contributed by atoms with Gasteiger partial charge in [-0.25, -0.2) is 4.98 Å². The monoisotopic (exact) mass is 330 g/mol. The van der Waals surface area contributed by atoms with Crippen LogP contribution in [0, 0.1) is 6.92 Å². The summed E-state index contributed by atoms with van der Waals surface area (Å²) in [5.74, 6) is 1.36. The maximum atomic E-state index is 12.7. The molecule has 1 aromatic heterocycles. The van der Waals surface area contributed by atoms with Crippen LogP contribution < -0.4 is 0 Å². The topological polar surface area (TPSA) is 91.3 Å². The number of rotatable bonds is 3. The highest BCUT2D eigenvalue weighted by atomic mass is 16.5. The van der Waals surface area contributed by atoms with Crippen LogP contribution in [0.2, 0.25) is 0 Å². The molecule has 2 heterocycles. The second kappa shape index (κ2) is 6.60. The highest BCUT2D eigenvalue weighted by molar-refractivity contribution is 5.97. The molecule has 0 saturated carbocycles. The molecule has 0 spiro atoms. The summed E-state index contributed by atoms with van der Waals surface area (Å²) in [7, 11) is 0. The largest absolute Gasteiger partial charge is 0.507 e. The van der Waals surface area contributed by atoms with Crippen LogP contribution in [0.4, 0.5) is 0 Å². The van der Waals surface area contributed by atoms with Gasteiger partial charge in [-0.05, 0) is 30.5 Å². The van der Waals surface area contributed by atoms with Crippen molar-refractivity contribution < 1.29 is 14.6 Å². The minimum Gasteiger partial charge on any atom is -0.507 e. The van der Waals surface area contributed by atoms with Crippen molar-refractivity contribution in [2.24, 2.45) is 0 Å². The van der Waals surface area contributed by atoms with Crippen LogP contribution in [0.5, 0.6) is 5.75 Å². The molecule has 0 radical (unpaired) electrons. The Morgan fingerprint density at radius 1 is 1.46 bits per heavy atom. The van der Waals surface area contributed by atoms with E-state index in [4.69, 9.17) is 4.74 Å². The number of amides is 1. The van der Waals surface area contributed by atoms with Crippen molar-refractivity contribution in [3.8, 4) is 5.75 Å². The summed E-state index contributed by atoms with van der Waals surface area (Å²) in [6.07, 6.45) is -0.357. The van der Waals surface area contributed by atoms with E-state index in [1.807, 2.05) is 26.8 Å². The van der Waals surface area contributed by atoms with Crippen molar-refractivity contribution in [3.05, 3.63) is 41.0 Å². The molecule has 1 atom stereocenters. The zero-order valence-corrected chi connectivity index (χ0v) is 14.1. The molecule has 1 saturated heterocycles. The third kappa shape index (κ3) is 3.26. The number of hydrogen-bond donors (Lipinski definition) is 2. The van der Waals surface area contributed by atoms with Crippen molar-refractivity contribution in [1.29, 1.82) is 0 Å². The zero-order valence-electron chi connectivity index (χ0n) is 14.1. The Balaban J connectivity index is 1.77. The van der Waals surface area contributed by atoms with Crippen molar-refractivity contribution in [2.45, 2.75) is 32.8 Å². The highest BCUT2D eigenvalue weighted by Gasteiger charge is 2.29. The first-order chi connectivity index (χ1) is 11.5. The third-order valence-corrected chi connectivity index (χ3v) is 4.18. The van der Waals surface area contributed by atoms with Crippen molar-refractivity contribution in [3.63, 3.8) is 0 Å². The second-order valence-electron chi connectivity index (χ2n) is 6.32. The van der Waals surface area contributed by atoms with Gasteiger partial charge >= 0.3 is 0 Å².